The van der Waals surface area contributed by atoms with E-state index in [-0.39, 0.29) is 24.7 Å². The molecule has 0 saturated carbocycles. The maximum absolute atomic E-state index is 11.3. The molecule has 0 bridgehead atoms. The van der Waals surface area contributed by atoms with Gasteiger partial charge in [0.1, 0.15) is 0 Å². The van der Waals surface area contributed by atoms with E-state index in [1.54, 1.807) is 0 Å². The number of esters is 1. The van der Waals surface area contributed by atoms with Gasteiger partial charge < -0.3 is 10.1 Å². The first-order valence-electron chi connectivity index (χ1n) is 6.17. The number of hydrogen-bond donors (Lipinski definition) is 1. The van der Waals surface area contributed by atoms with Crippen LogP contribution < -0.4 is 5.32 Å². The molecule has 1 fully saturated rings. The minimum Gasteiger partial charge on any atom is -0.462 e. The van der Waals surface area contributed by atoms with Crippen molar-refractivity contribution < 1.29 is 17.9 Å². The predicted molar refractivity (Wildman–Crippen MR) is 68.7 cm³/mol. The molecule has 18 heavy (non-hydrogen) atoms. The van der Waals surface area contributed by atoms with E-state index in [0.717, 1.165) is 12.8 Å². The summed E-state index contributed by atoms with van der Waals surface area (Å²) >= 11 is 0. The molecule has 0 aromatic rings. The fraction of sp³-hybridized carbons (Fsp3) is 0.909. The summed E-state index contributed by atoms with van der Waals surface area (Å²) in [5, 5.41) is 3.10. The zero-order valence-electron chi connectivity index (χ0n) is 11.2. The van der Waals surface area contributed by atoms with Crippen LogP contribution in [0.15, 0.2) is 0 Å². The molecule has 1 heterocycles. The van der Waals surface area contributed by atoms with Gasteiger partial charge in [0.25, 0.3) is 0 Å². The van der Waals surface area contributed by atoms with Crippen LogP contribution in [0.3, 0.4) is 0 Å². The largest absolute Gasteiger partial charge is 0.462 e. The summed E-state index contributed by atoms with van der Waals surface area (Å²) < 4.78 is 29.1. The number of sulfonamides is 1. The van der Waals surface area contributed by atoms with E-state index in [0.29, 0.717) is 13.1 Å². The standard InChI is InChI=1S/C11H22N2O4S/c1-9(2)17-11(14)8-12-10-4-6-13(7-5-10)18(3,15)16/h9-10,12H,4-8H2,1-3H3. The number of piperidine rings is 1. The molecule has 1 aliphatic heterocycles. The van der Waals surface area contributed by atoms with Crippen LogP contribution in [0.5, 0.6) is 0 Å². The van der Waals surface area contributed by atoms with Gasteiger partial charge in [-0.1, -0.05) is 0 Å². The Kier molecular flexibility index (Phi) is 5.55. The molecule has 1 saturated heterocycles. The van der Waals surface area contributed by atoms with Crippen molar-refractivity contribution in [1.82, 2.24) is 9.62 Å². The Labute approximate surface area is 109 Å². The highest BCUT2D eigenvalue weighted by atomic mass is 32.2. The summed E-state index contributed by atoms with van der Waals surface area (Å²) in [5.41, 5.74) is 0. The van der Waals surface area contributed by atoms with Gasteiger partial charge in [-0.3, -0.25) is 4.79 Å². The number of hydrogen-bond acceptors (Lipinski definition) is 5. The number of rotatable bonds is 5. The molecule has 1 aliphatic rings. The normalized spacial score (nSPS) is 19.1. The first-order chi connectivity index (χ1) is 8.29. The second-order valence-corrected chi connectivity index (χ2v) is 6.84. The van der Waals surface area contributed by atoms with E-state index in [2.05, 4.69) is 5.32 Å². The van der Waals surface area contributed by atoms with Crippen LogP contribution in [0.1, 0.15) is 26.7 Å². The molecular formula is C11H22N2O4S. The maximum Gasteiger partial charge on any atom is 0.320 e. The summed E-state index contributed by atoms with van der Waals surface area (Å²) in [7, 11) is -3.08. The van der Waals surface area contributed by atoms with Gasteiger partial charge in [-0.2, -0.15) is 0 Å². The molecule has 0 amide bonds. The SMILES string of the molecule is CC(C)OC(=O)CNC1CCN(S(C)(=O)=O)CC1. The highest BCUT2D eigenvalue weighted by Crippen LogP contribution is 2.12. The molecule has 0 unspecified atom stereocenters. The van der Waals surface area contributed by atoms with Crippen molar-refractivity contribution in [2.45, 2.75) is 38.8 Å². The van der Waals surface area contributed by atoms with Crippen LogP contribution in [0.4, 0.5) is 0 Å². The molecule has 0 spiro atoms. The first-order valence-corrected chi connectivity index (χ1v) is 8.02. The van der Waals surface area contributed by atoms with Gasteiger partial charge in [0.15, 0.2) is 0 Å². The number of ether oxygens (including phenoxy) is 1. The monoisotopic (exact) mass is 278 g/mol. The summed E-state index contributed by atoms with van der Waals surface area (Å²) in [6.45, 7) is 4.82. The molecule has 6 nitrogen and oxygen atoms in total. The van der Waals surface area contributed by atoms with Gasteiger partial charge in [-0.05, 0) is 26.7 Å². The van der Waals surface area contributed by atoms with Crippen molar-refractivity contribution in [3.8, 4) is 0 Å². The Morgan fingerprint density at radius 2 is 1.94 bits per heavy atom. The Hall–Kier alpha value is -0.660. The molecule has 0 aromatic carbocycles. The minimum absolute atomic E-state index is 0.105. The van der Waals surface area contributed by atoms with E-state index >= 15 is 0 Å². The van der Waals surface area contributed by atoms with E-state index in [1.165, 1.54) is 10.6 Å². The van der Waals surface area contributed by atoms with Crippen LogP contribution in [0.2, 0.25) is 0 Å². The predicted octanol–water partition coefficient (Wildman–Crippen LogP) is -0.0484. The highest BCUT2D eigenvalue weighted by Gasteiger charge is 2.24. The van der Waals surface area contributed by atoms with Gasteiger partial charge in [0.05, 0.1) is 18.9 Å². The quantitative estimate of drug-likeness (QED) is 0.714. The lowest BCUT2D eigenvalue weighted by Gasteiger charge is -2.30. The Morgan fingerprint density at radius 1 is 1.39 bits per heavy atom. The summed E-state index contributed by atoms with van der Waals surface area (Å²) in [6, 6.07) is 0.183. The van der Waals surface area contributed by atoms with E-state index < -0.39 is 10.0 Å². The van der Waals surface area contributed by atoms with E-state index in [9.17, 15) is 13.2 Å². The Balaban J connectivity index is 2.26. The van der Waals surface area contributed by atoms with Gasteiger partial charge in [-0.15, -0.1) is 0 Å². The van der Waals surface area contributed by atoms with Gasteiger partial charge >= 0.3 is 5.97 Å². The van der Waals surface area contributed by atoms with E-state index in [4.69, 9.17) is 4.74 Å². The van der Waals surface area contributed by atoms with Gasteiger partial charge in [0, 0.05) is 19.1 Å². The fourth-order valence-corrected chi connectivity index (χ4v) is 2.80. The van der Waals surface area contributed by atoms with Crippen molar-refractivity contribution in [3.05, 3.63) is 0 Å². The minimum atomic E-state index is -3.08. The third-order valence-corrected chi connectivity index (χ3v) is 4.13. The van der Waals surface area contributed by atoms with Crippen molar-refractivity contribution in [1.29, 1.82) is 0 Å². The topological polar surface area (TPSA) is 75.7 Å². The fourth-order valence-electron chi connectivity index (χ4n) is 1.92. The number of carbonyl (C=O) groups excluding carboxylic acids is 1. The zero-order valence-corrected chi connectivity index (χ0v) is 12.0. The molecule has 0 aromatic heterocycles. The third kappa shape index (κ3) is 5.32. The summed E-state index contributed by atoms with van der Waals surface area (Å²) in [5.74, 6) is -0.268. The second kappa shape index (κ2) is 6.49. The Morgan fingerprint density at radius 3 is 2.39 bits per heavy atom. The molecule has 1 N–H and O–H groups in total. The lowest BCUT2D eigenvalue weighted by molar-refractivity contribution is -0.146. The number of carbonyl (C=O) groups is 1. The van der Waals surface area contributed by atoms with Crippen LogP contribution in [0, 0.1) is 0 Å². The van der Waals surface area contributed by atoms with Crippen molar-refractivity contribution in [3.63, 3.8) is 0 Å². The highest BCUT2D eigenvalue weighted by molar-refractivity contribution is 7.88. The lowest BCUT2D eigenvalue weighted by Crippen LogP contribution is -2.45. The van der Waals surface area contributed by atoms with Crippen LogP contribution >= 0.6 is 0 Å². The van der Waals surface area contributed by atoms with Crippen molar-refractivity contribution in [2.75, 3.05) is 25.9 Å². The molecule has 0 atom stereocenters. The molecule has 1 rings (SSSR count). The average Bonchev–Trinajstić information content (AvgIpc) is 2.25. The maximum atomic E-state index is 11.3. The Bertz CT molecular complexity index is 373. The van der Waals surface area contributed by atoms with E-state index in [1.807, 2.05) is 13.8 Å². The number of nitrogens with one attached hydrogen (secondary N) is 1. The van der Waals surface area contributed by atoms with Crippen molar-refractivity contribution in [2.24, 2.45) is 0 Å². The summed E-state index contributed by atoms with van der Waals surface area (Å²) in [6.07, 6.45) is 2.57. The van der Waals surface area contributed by atoms with Gasteiger partial charge in [0.2, 0.25) is 10.0 Å². The average molecular weight is 278 g/mol. The van der Waals surface area contributed by atoms with Crippen LogP contribution in [-0.2, 0) is 19.6 Å². The molecule has 0 radical (unpaired) electrons. The van der Waals surface area contributed by atoms with Crippen molar-refractivity contribution >= 4 is 16.0 Å². The lowest BCUT2D eigenvalue weighted by atomic mass is 10.1. The molecule has 7 heteroatoms. The molecular weight excluding hydrogens is 256 g/mol. The van der Waals surface area contributed by atoms with Gasteiger partial charge in [-0.25, -0.2) is 12.7 Å². The smallest absolute Gasteiger partial charge is 0.320 e. The molecule has 106 valence electrons. The van der Waals surface area contributed by atoms with Crippen LogP contribution in [-0.4, -0.2) is 56.7 Å². The number of nitrogens with zero attached hydrogens (tertiary/aromatic N) is 1. The zero-order chi connectivity index (χ0) is 13.8. The molecule has 0 aliphatic carbocycles. The third-order valence-electron chi connectivity index (χ3n) is 2.83. The van der Waals surface area contributed by atoms with Crippen LogP contribution in [0.25, 0.3) is 0 Å². The first kappa shape index (κ1) is 15.4. The second-order valence-electron chi connectivity index (χ2n) is 4.86. The summed E-state index contributed by atoms with van der Waals surface area (Å²) in [4.78, 5) is 11.3.